The molecule has 3 heterocycles. The molecule has 0 unspecified atom stereocenters. The number of imide groups is 1. The highest BCUT2D eigenvalue weighted by molar-refractivity contribution is 6.08. The molecule has 2 fully saturated rings. The number of anilines is 1. The lowest BCUT2D eigenvalue weighted by molar-refractivity contribution is -0.120. The van der Waals surface area contributed by atoms with Crippen molar-refractivity contribution in [3.63, 3.8) is 0 Å². The quantitative estimate of drug-likeness (QED) is 0.865. The van der Waals surface area contributed by atoms with Crippen LogP contribution in [0.2, 0.25) is 0 Å². The third kappa shape index (κ3) is 3.39. The maximum absolute atomic E-state index is 12.2. The van der Waals surface area contributed by atoms with Gasteiger partial charge in [-0.15, -0.1) is 0 Å². The zero-order valence-electron chi connectivity index (χ0n) is 17.2. The lowest BCUT2D eigenvalue weighted by Gasteiger charge is -2.41. The van der Waals surface area contributed by atoms with Crippen molar-refractivity contribution < 1.29 is 9.59 Å². The van der Waals surface area contributed by atoms with Crippen LogP contribution in [-0.2, 0) is 11.8 Å². The number of nitrogens with one attached hydrogen (secondary N) is 1. The normalized spacial score (nSPS) is 20.1. The van der Waals surface area contributed by atoms with Gasteiger partial charge in [-0.3, -0.25) is 24.6 Å². The number of amides is 3. The van der Waals surface area contributed by atoms with Gasteiger partial charge in [0.15, 0.2) is 5.82 Å². The fourth-order valence-electron chi connectivity index (χ4n) is 4.36. The first-order valence-electron chi connectivity index (χ1n) is 10.1. The Morgan fingerprint density at radius 2 is 1.82 bits per heavy atom. The summed E-state index contributed by atoms with van der Waals surface area (Å²) in [4.78, 5) is 27.8. The molecule has 4 rings (SSSR count). The van der Waals surface area contributed by atoms with E-state index in [0.717, 1.165) is 36.8 Å². The van der Waals surface area contributed by atoms with E-state index in [2.05, 4.69) is 54.3 Å². The average Bonchev–Trinajstić information content (AvgIpc) is 2.97. The number of carbonyl (C=O) groups excluding carboxylic acids is 2. The van der Waals surface area contributed by atoms with Crippen molar-refractivity contribution in [2.75, 3.05) is 24.5 Å². The molecule has 7 heteroatoms. The number of likely N-dealkylation sites (tertiary alicyclic amines) is 1. The number of nitrogens with zero attached hydrogens (tertiary/aromatic N) is 4. The van der Waals surface area contributed by atoms with Crippen molar-refractivity contribution in [3.05, 3.63) is 23.8 Å². The number of urea groups is 1. The maximum Gasteiger partial charge on any atom is 0.329 e. The number of fused-ring (bicyclic) bond motifs is 1. The second kappa shape index (κ2) is 6.88. The summed E-state index contributed by atoms with van der Waals surface area (Å²) in [5.41, 5.74) is 2.59. The van der Waals surface area contributed by atoms with Crippen LogP contribution in [0.15, 0.2) is 18.2 Å². The van der Waals surface area contributed by atoms with Crippen LogP contribution in [0.4, 0.5) is 10.6 Å². The van der Waals surface area contributed by atoms with E-state index in [-0.39, 0.29) is 11.4 Å². The molecule has 28 heavy (non-hydrogen) atoms. The fourth-order valence-corrected chi connectivity index (χ4v) is 4.36. The molecular weight excluding hydrogens is 354 g/mol. The van der Waals surface area contributed by atoms with Gasteiger partial charge >= 0.3 is 6.03 Å². The van der Waals surface area contributed by atoms with E-state index in [1.54, 1.807) is 4.90 Å². The van der Waals surface area contributed by atoms with E-state index < -0.39 is 6.03 Å². The minimum absolute atomic E-state index is 0.224. The Kier molecular flexibility index (Phi) is 4.65. The third-order valence-electron chi connectivity index (χ3n) is 6.08. The summed E-state index contributed by atoms with van der Waals surface area (Å²) in [7, 11) is 1.91. The Morgan fingerprint density at radius 1 is 1.11 bits per heavy atom. The van der Waals surface area contributed by atoms with E-state index in [4.69, 9.17) is 0 Å². The highest BCUT2D eigenvalue weighted by Gasteiger charge is 2.30. The average molecular weight is 383 g/mol. The van der Waals surface area contributed by atoms with E-state index in [1.165, 1.54) is 5.56 Å². The SMILES string of the molecule is Cn1nc(N2CCC(=O)NC2=O)c2ccc(C3CCN(C(C)(C)C)CC3)cc21. The van der Waals surface area contributed by atoms with Crippen molar-refractivity contribution in [2.24, 2.45) is 7.05 Å². The molecule has 150 valence electrons. The maximum atomic E-state index is 12.2. The molecule has 3 amide bonds. The van der Waals surface area contributed by atoms with Crippen molar-refractivity contribution >= 4 is 28.7 Å². The van der Waals surface area contributed by atoms with Crippen molar-refractivity contribution in [3.8, 4) is 0 Å². The largest absolute Gasteiger partial charge is 0.329 e. The summed E-state index contributed by atoms with van der Waals surface area (Å²) in [6.45, 7) is 9.43. The molecule has 0 radical (unpaired) electrons. The van der Waals surface area contributed by atoms with Crippen LogP contribution in [0.1, 0.15) is 51.5 Å². The first kappa shape index (κ1) is 18.9. The summed E-state index contributed by atoms with van der Waals surface area (Å²) in [6, 6.07) is 6.08. The predicted octanol–water partition coefficient (Wildman–Crippen LogP) is 3.00. The molecule has 0 atom stereocenters. The van der Waals surface area contributed by atoms with Crippen LogP contribution in [0.5, 0.6) is 0 Å². The first-order chi connectivity index (χ1) is 13.2. The molecule has 1 aromatic heterocycles. The van der Waals surface area contributed by atoms with Crippen molar-refractivity contribution in [1.82, 2.24) is 20.0 Å². The zero-order valence-corrected chi connectivity index (χ0v) is 17.2. The number of benzene rings is 1. The lowest BCUT2D eigenvalue weighted by Crippen LogP contribution is -2.49. The summed E-state index contributed by atoms with van der Waals surface area (Å²) < 4.78 is 1.84. The summed E-state index contributed by atoms with van der Waals surface area (Å²) in [5, 5.41) is 7.90. The number of piperidine rings is 1. The smallest absolute Gasteiger partial charge is 0.298 e. The van der Waals surface area contributed by atoms with Gasteiger partial charge < -0.3 is 0 Å². The topological polar surface area (TPSA) is 70.5 Å². The fraction of sp³-hybridized carbons (Fsp3) is 0.571. The number of hydrogen-bond acceptors (Lipinski definition) is 4. The molecule has 0 bridgehead atoms. The molecule has 7 nitrogen and oxygen atoms in total. The van der Waals surface area contributed by atoms with Gasteiger partial charge in [-0.2, -0.15) is 5.10 Å². The van der Waals surface area contributed by atoms with Gasteiger partial charge in [0.05, 0.1) is 5.52 Å². The van der Waals surface area contributed by atoms with Crippen LogP contribution in [0.25, 0.3) is 10.9 Å². The first-order valence-corrected chi connectivity index (χ1v) is 10.1. The van der Waals surface area contributed by atoms with Gasteiger partial charge in [0.25, 0.3) is 0 Å². The van der Waals surface area contributed by atoms with Crippen LogP contribution >= 0.6 is 0 Å². The predicted molar refractivity (Wildman–Crippen MR) is 110 cm³/mol. The van der Waals surface area contributed by atoms with Gasteiger partial charge in [-0.05, 0) is 70.3 Å². The van der Waals surface area contributed by atoms with Gasteiger partial charge in [0, 0.05) is 30.9 Å². The molecule has 1 N–H and O–H groups in total. The van der Waals surface area contributed by atoms with E-state index in [0.29, 0.717) is 24.7 Å². The Labute approximate surface area is 165 Å². The lowest BCUT2D eigenvalue weighted by atomic mass is 9.87. The Balaban J connectivity index is 1.58. The van der Waals surface area contributed by atoms with Crippen molar-refractivity contribution in [1.29, 1.82) is 0 Å². The second-order valence-corrected chi connectivity index (χ2v) is 8.91. The van der Waals surface area contributed by atoms with Crippen molar-refractivity contribution in [2.45, 2.75) is 51.5 Å². The summed E-state index contributed by atoms with van der Waals surface area (Å²) >= 11 is 0. The molecule has 2 aromatic rings. The molecule has 2 aliphatic rings. The summed E-state index contributed by atoms with van der Waals surface area (Å²) in [5.74, 6) is 0.944. The molecule has 2 saturated heterocycles. The highest BCUT2D eigenvalue weighted by Crippen LogP contribution is 2.34. The molecule has 1 aromatic carbocycles. The number of aromatic nitrogens is 2. The summed E-state index contributed by atoms with van der Waals surface area (Å²) in [6.07, 6.45) is 2.61. The minimum Gasteiger partial charge on any atom is -0.298 e. The highest BCUT2D eigenvalue weighted by atomic mass is 16.2. The number of rotatable bonds is 2. The van der Waals surface area contributed by atoms with Gasteiger partial charge in [0.2, 0.25) is 5.91 Å². The van der Waals surface area contributed by atoms with Gasteiger partial charge in [-0.1, -0.05) is 6.07 Å². The van der Waals surface area contributed by atoms with E-state index in [1.807, 2.05) is 11.7 Å². The number of aryl methyl sites for hydroxylation is 1. The van der Waals surface area contributed by atoms with Gasteiger partial charge in [0.1, 0.15) is 0 Å². The number of hydrogen-bond donors (Lipinski definition) is 1. The monoisotopic (exact) mass is 383 g/mol. The Bertz CT molecular complexity index is 919. The molecule has 2 aliphatic heterocycles. The molecule has 0 spiro atoms. The van der Waals surface area contributed by atoms with Crippen LogP contribution in [-0.4, -0.2) is 51.8 Å². The standard InChI is InChI=1S/C21H29N5O2/c1-21(2,3)25-10-7-14(8-11-25)15-5-6-16-17(13-15)24(4)23-19(16)26-12-9-18(27)22-20(26)28/h5-6,13-14H,7-12H2,1-4H3,(H,22,27,28). The van der Waals surface area contributed by atoms with E-state index in [9.17, 15) is 9.59 Å². The zero-order chi connectivity index (χ0) is 20.1. The van der Waals surface area contributed by atoms with Crippen LogP contribution in [0.3, 0.4) is 0 Å². The molecule has 0 saturated carbocycles. The third-order valence-corrected chi connectivity index (χ3v) is 6.08. The number of carbonyl (C=O) groups is 2. The Morgan fingerprint density at radius 3 is 2.46 bits per heavy atom. The van der Waals surface area contributed by atoms with Crippen LogP contribution in [0, 0.1) is 0 Å². The minimum atomic E-state index is -0.394. The molecule has 0 aliphatic carbocycles. The van der Waals surface area contributed by atoms with Gasteiger partial charge in [-0.25, -0.2) is 4.79 Å². The Hall–Kier alpha value is -2.41. The second-order valence-electron chi connectivity index (χ2n) is 8.91. The van der Waals surface area contributed by atoms with Crippen LogP contribution < -0.4 is 10.2 Å². The molecular formula is C21H29N5O2. The van der Waals surface area contributed by atoms with E-state index >= 15 is 0 Å².